The summed E-state index contributed by atoms with van der Waals surface area (Å²) < 4.78 is 5.42. The third-order valence-corrected chi connectivity index (χ3v) is 10.8. The topological polar surface area (TPSA) is 116 Å². The Hall–Kier alpha value is -4.34. The number of halogens is 2. The van der Waals surface area contributed by atoms with Crippen molar-refractivity contribution in [2.45, 2.75) is 31.1 Å². The fourth-order valence-corrected chi connectivity index (χ4v) is 8.71. The molecule has 236 valence electrons. The van der Waals surface area contributed by atoms with Crippen molar-refractivity contribution in [1.29, 1.82) is 0 Å². The molecule has 3 aromatic carbocycles. The summed E-state index contributed by atoms with van der Waals surface area (Å²) in [6.07, 6.45) is 2.53. The van der Waals surface area contributed by atoms with Crippen molar-refractivity contribution in [3.8, 4) is 11.5 Å². The number of hydrazine groups is 1. The van der Waals surface area contributed by atoms with Crippen molar-refractivity contribution in [2.24, 2.45) is 23.7 Å². The lowest BCUT2D eigenvalue weighted by Gasteiger charge is -2.50. The standard InChI is InChI=1S/C35H31Cl2N3O6/c1-3-39-31(42)24-14-13-23-25(29(24)33(39)44)17-26-32(43)40(38-28-15-8-20(36)16-27(28)37)34(45)35(26,19-6-11-22(46-2)12-7-19)30(23)18-4-9-21(41)10-5-18/h4-13,15-16,24-26,29-30,38,41H,3,14,17H2,1-2H3. The highest BCUT2D eigenvalue weighted by molar-refractivity contribution is 6.36. The second kappa shape index (κ2) is 11.2. The summed E-state index contributed by atoms with van der Waals surface area (Å²) in [5.74, 6) is -4.00. The normalized spacial score (nSPS) is 28.5. The smallest absolute Gasteiger partial charge is 0.260 e. The summed E-state index contributed by atoms with van der Waals surface area (Å²) in [6.45, 7) is 2.05. The van der Waals surface area contributed by atoms with Gasteiger partial charge in [-0.1, -0.05) is 59.1 Å². The van der Waals surface area contributed by atoms with Crippen LogP contribution in [0.4, 0.5) is 5.69 Å². The Morgan fingerprint density at radius 2 is 1.65 bits per heavy atom. The van der Waals surface area contributed by atoms with Gasteiger partial charge in [0.2, 0.25) is 11.8 Å². The predicted octanol–water partition coefficient (Wildman–Crippen LogP) is 5.71. The van der Waals surface area contributed by atoms with E-state index in [1.807, 2.05) is 6.08 Å². The number of anilines is 1. The monoisotopic (exact) mass is 659 g/mol. The first kappa shape index (κ1) is 30.3. The maximum atomic E-state index is 15.1. The molecule has 0 spiro atoms. The highest BCUT2D eigenvalue weighted by Crippen LogP contribution is 2.64. The SMILES string of the molecule is CCN1C(=O)C2CC=C3C(CC4C(=O)N(Nc5ccc(Cl)cc5Cl)C(=O)C4(c4ccc(OC)cc4)C3c3ccc(O)cc3)C2C1=O. The maximum absolute atomic E-state index is 15.1. The molecule has 6 unspecified atom stereocenters. The molecule has 3 fully saturated rings. The van der Waals surface area contributed by atoms with Crippen LogP contribution in [0.2, 0.25) is 10.0 Å². The maximum Gasteiger partial charge on any atom is 0.260 e. The Balaban J connectivity index is 1.46. The largest absolute Gasteiger partial charge is 0.508 e. The second-order valence-electron chi connectivity index (χ2n) is 12.2. The molecule has 0 radical (unpaired) electrons. The molecule has 0 bridgehead atoms. The van der Waals surface area contributed by atoms with Crippen LogP contribution in [0.1, 0.15) is 36.8 Å². The summed E-state index contributed by atoms with van der Waals surface area (Å²) in [5, 5.41) is 11.9. The van der Waals surface area contributed by atoms with Gasteiger partial charge in [0.1, 0.15) is 11.5 Å². The molecule has 9 nitrogen and oxygen atoms in total. The van der Waals surface area contributed by atoms with Crippen LogP contribution >= 0.6 is 23.2 Å². The zero-order valence-electron chi connectivity index (χ0n) is 25.1. The van der Waals surface area contributed by atoms with E-state index in [0.717, 1.165) is 10.6 Å². The number of hydrogen-bond acceptors (Lipinski definition) is 7. The number of ether oxygens (including phenoxy) is 1. The molecule has 11 heteroatoms. The van der Waals surface area contributed by atoms with Crippen molar-refractivity contribution < 1.29 is 29.0 Å². The van der Waals surface area contributed by atoms with Crippen molar-refractivity contribution in [1.82, 2.24) is 9.91 Å². The van der Waals surface area contributed by atoms with E-state index in [1.54, 1.807) is 74.7 Å². The lowest BCUT2D eigenvalue weighted by atomic mass is 9.49. The fourth-order valence-electron chi connectivity index (χ4n) is 8.26. The van der Waals surface area contributed by atoms with Crippen LogP contribution in [0, 0.1) is 23.7 Å². The van der Waals surface area contributed by atoms with Crippen LogP contribution in [-0.4, -0.2) is 52.3 Å². The minimum Gasteiger partial charge on any atom is -0.508 e. The van der Waals surface area contributed by atoms with E-state index in [-0.39, 0.29) is 35.6 Å². The Morgan fingerprint density at radius 1 is 0.935 bits per heavy atom. The number of carbonyl (C=O) groups excluding carboxylic acids is 4. The number of phenolic OH excluding ortho intramolecular Hbond substituents is 1. The van der Waals surface area contributed by atoms with Gasteiger partial charge in [-0.25, -0.2) is 0 Å². The minimum atomic E-state index is -1.45. The molecule has 1 saturated carbocycles. The van der Waals surface area contributed by atoms with Crippen molar-refractivity contribution >= 4 is 52.5 Å². The van der Waals surface area contributed by atoms with Gasteiger partial charge < -0.3 is 9.84 Å². The molecule has 6 atom stereocenters. The van der Waals surface area contributed by atoms with Crippen LogP contribution in [0.5, 0.6) is 11.5 Å². The summed E-state index contributed by atoms with van der Waals surface area (Å²) in [7, 11) is 1.55. The molecule has 2 saturated heterocycles. The van der Waals surface area contributed by atoms with Gasteiger partial charge in [0.05, 0.1) is 41.0 Å². The number of methoxy groups -OCH3 is 1. The zero-order chi connectivity index (χ0) is 32.5. The lowest BCUT2D eigenvalue weighted by molar-refractivity contribution is -0.141. The Kier molecular flexibility index (Phi) is 7.36. The molecule has 46 heavy (non-hydrogen) atoms. The number of nitrogens with zero attached hydrogens (tertiary/aromatic N) is 2. The van der Waals surface area contributed by atoms with Gasteiger partial charge in [-0.3, -0.25) is 29.5 Å². The number of rotatable bonds is 6. The number of likely N-dealkylation sites (tertiary alicyclic amines) is 1. The summed E-state index contributed by atoms with van der Waals surface area (Å²) in [5.41, 5.74) is 4.00. The molecular formula is C35H31Cl2N3O6. The number of fused-ring (bicyclic) bond motifs is 4. The van der Waals surface area contributed by atoms with Gasteiger partial charge in [0.15, 0.2) is 0 Å². The van der Waals surface area contributed by atoms with E-state index in [0.29, 0.717) is 34.0 Å². The number of hydrogen-bond donors (Lipinski definition) is 2. The van der Waals surface area contributed by atoms with Gasteiger partial charge >= 0.3 is 0 Å². The fraction of sp³-hybridized carbons (Fsp3) is 0.314. The molecule has 7 rings (SSSR count). The van der Waals surface area contributed by atoms with Crippen LogP contribution in [-0.2, 0) is 24.6 Å². The Morgan fingerprint density at radius 3 is 2.30 bits per heavy atom. The first-order valence-electron chi connectivity index (χ1n) is 15.2. The highest BCUT2D eigenvalue weighted by Gasteiger charge is 2.70. The molecule has 2 aliphatic carbocycles. The van der Waals surface area contributed by atoms with E-state index in [4.69, 9.17) is 27.9 Å². The number of aromatic hydroxyl groups is 1. The van der Waals surface area contributed by atoms with Gasteiger partial charge in [-0.2, -0.15) is 5.01 Å². The van der Waals surface area contributed by atoms with Crippen LogP contribution in [0.15, 0.2) is 78.4 Å². The van der Waals surface area contributed by atoms with E-state index in [2.05, 4.69) is 5.43 Å². The quantitative estimate of drug-likeness (QED) is 0.257. The predicted molar refractivity (Wildman–Crippen MR) is 171 cm³/mol. The van der Waals surface area contributed by atoms with Crippen LogP contribution in [0.25, 0.3) is 0 Å². The van der Waals surface area contributed by atoms with Crippen molar-refractivity contribution in [3.05, 3.63) is 99.6 Å². The van der Waals surface area contributed by atoms with E-state index in [9.17, 15) is 19.5 Å². The first-order chi connectivity index (χ1) is 22.1. The number of phenols is 1. The first-order valence-corrected chi connectivity index (χ1v) is 16.0. The summed E-state index contributed by atoms with van der Waals surface area (Å²) in [4.78, 5) is 58.2. The summed E-state index contributed by atoms with van der Waals surface area (Å²) in [6, 6.07) is 18.5. The van der Waals surface area contributed by atoms with Crippen molar-refractivity contribution in [3.63, 3.8) is 0 Å². The zero-order valence-corrected chi connectivity index (χ0v) is 26.6. The van der Waals surface area contributed by atoms with Crippen LogP contribution in [0.3, 0.4) is 0 Å². The van der Waals surface area contributed by atoms with Crippen LogP contribution < -0.4 is 10.2 Å². The highest BCUT2D eigenvalue weighted by atomic mass is 35.5. The van der Waals surface area contributed by atoms with Crippen molar-refractivity contribution in [2.75, 3.05) is 19.1 Å². The molecule has 0 aromatic heterocycles. The van der Waals surface area contributed by atoms with Gasteiger partial charge in [-0.05, 0) is 79.3 Å². The van der Waals surface area contributed by atoms with E-state index < -0.39 is 46.8 Å². The number of nitrogens with one attached hydrogen (secondary N) is 1. The summed E-state index contributed by atoms with van der Waals surface area (Å²) >= 11 is 12.6. The number of benzene rings is 3. The third-order valence-electron chi connectivity index (χ3n) is 10.2. The average molecular weight is 661 g/mol. The number of imide groups is 2. The van der Waals surface area contributed by atoms with Gasteiger partial charge in [0.25, 0.3) is 11.8 Å². The Labute approximate surface area is 275 Å². The molecular weight excluding hydrogens is 629 g/mol. The molecule has 2 aliphatic heterocycles. The van der Waals surface area contributed by atoms with Gasteiger partial charge in [-0.15, -0.1) is 0 Å². The molecule has 2 N–H and O–H groups in total. The lowest BCUT2D eigenvalue weighted by Crippen LogP contribution is -2.53. The molecule has 3 aromatic rings. The van der Waals surface area contributed by atoms with E-state index in [1.165, 1.54) is 11.0 Å². The third kappa shape index (κ3) is 4.28. The number of allylic oxidation sites excluding steroid dienone is 2. The molecule has 4 aliphatic rings. The second-order valence-corrected chi connectivity index (χ2v) is 13.1. The number of carbonyl (C=O) groups is 4. The minimum absolute atomic E-state index is 0.0495. The molecule has 4 amide bonds. The molecule has 2 heterocycles. The van der Waals surface area contributed by atoms with Gasteiger partial charge in [0, 0.05) is 17.5 Å². The van der Waals surface area contributed by atoms with E-state index >= 15 is 4.79 Å². The number of amides is 4. The Bertz CT molecular complexity index is 1810. The average Bonchev–Trinajstić information content (AvgIpc) is 3.43.